The Kier molecular flexibility index (Phi) is 3.57. The minimum Gasteiger partial charge on any atom is -0.382 e. The fourth-order valence-electron chi connectivity index (χ4n) is 2.15. The molecule has 2 unspecified atom stereocenters. The van der Waals surface area contributed by atoms with E-state index in [0.717, 1.165) is 18.8 Å². The maximum Gasteiger partial charge on any atom is 0.141 e. The van der Waals surface area contributed by atoms with E-state index in [4.69, 9.17) is 11.1 Å². The zero-order valence-corrected chi connectivity index (χ0v) is 11.0. The van der Waals surface area contributed by atoms with Crippen LogP contribution >= 0.6 is 11.8 Å². The average Bonchev–Trinajstić information content (AvgIpc) is 2.28. The van der Waals surface area contributed by atoms with Crippen molar-refractivity contribution in [3.63, 3.8) is 0 Å². The summed E-state index contributed by atoms with van der Waals surface area (Å²) < 4.78 is 0. The monoisotopic (exact) mass is 250 g/mol. The van der Waals surface area contributed by atoms with Crippen molar-refractivity contribution in [2.45, 2.75) is 24.3 Å². The Labute approximate surface area is 106 Å². The van der Waals surface area contributed by atoms with Crippen molar-refractivity contribution < 1.29 is 0 Å². The zero-order valence-electron chi connectivity index (χ0n) is 10.2. The number of aromatic nitrogens is 1. The van der Waals surface area contributed by atoms with Crippen LogP contribution in [0.1, 0.15) is 19.5 Å². The number of amidine groups is 1. The van der Waals surface area contributed by atoms with Gasteiger partial charge >= 0.3 is 0 Å². The Balaban J connectivity index is 2.21. The molecular formula is C12H18N4S. The number of rotatable bonds is 2. The first-order chi connectivity index (χ1) is 8.06. The number of anilines is 1. The third kappa shape index (κ3) is 2.91. The maximum absolute atomic E-state index is 7.42. The van der Waals surface area contributed by atoms with Crippen molar-refractivity contribution in [3.05, 3.63) is 24.0 Å². The van der Waals surface area contributed by atoms with Crippen molar-refractivity contribution in [1.82, 2.24) is 4.98 Å². The third-order valence-electron chi connectivity index (χ3n) is 2.80. The second kappa shape index (κ2) is 4.96. The molecule has 1 saturated heterocycles. The summed E-state index contributed by atoms with van der Waals surface area (Å²) in [6, 6.07) is 3.89. The molecule has 0 aliphatic carbocycles. The van der Waals surface area contributed by atoms with Crippen LogP contribution in [0.2, 0.25) is 0 Å². The normalized spacial score (nSPS) is 24.7. The fraction of sp³-hybridized carbons (Fsp3) is 0.500. The highest BCUT2D eigenvalue weighted by Crippen LogP contribution is 2.28. The van der Waals surface area contributed by atoms with Crippen LogP contribution < -0.4 is 10.6 Å². The van der Waals surface area contributed by atoms with Gasteiger partial charge in [-0.1, -0.05) is 13.8 Å². The van der Waals surface area contributed by atoms with E-state index in [0.29, 0.717) is 16.2 Å². The van der Waals surface area contributed by atoms with Crippen molar-refractivity contribution in [2.24, 2.45) is 5.73 Å². The minimum absolute atomic E-state index is 0.0272. The molecule has 17 heavy (non-hydrogen) atoms. The molecule has 1 aromatic heterocycles. The first-order valence-electron chi connectivity index (χ1n) is 5.77. The number of nitrogen functional groups attached to an aromatic ring is 1. The fourth-order valence-corrected chi connectivity index (χ4v) is 3.48. The molecular weight excluding hydrogens is 232 g/mol. The summed E-state index contributed by atoms with van der Waals surface area (Å²) >= 11 is 2.03. The van der Waals surface area contributed by atoms with Gasteiger partial charge in [-0.25, -0.2) is 0 Å². The molecule has 0 amide bonds. The average molecular weight is 250 g/mol. The molecule has 0 radical (unpaired) electrons. The molecule has 2 atom stereocenters. The van der Waals surface area contributed by atoms with Gasteiger partial charge in [-0.3, -0.25) is 10.4 Å². The molecule has 1 aliphatic heterocycles. The van der Waals surface area contributed by atoms with Gasteiger partial charge in [0.25, 0.3) is 0 Å². The summed E-state index contributed by atoms with van der Waals surface area (Å²) in [6.45, 7) is 6.58. The Bertz CT molecular complexity index is 411. The van der Waals surface area contributed by atoms with Crippen LogP contribution in [-0.4, -0.2) is 34.4 Å². The summed E-state index contributed by atoms with van der Waals surface area (Å²) in [4.78, 5) is 6.44. The Morgan fingerprint density at radius 1 is 1.47 bits per heavy atom. The number of pyridine rings is 1. The van der Waals surface area contributed by atoms with Crippen LogP contribution in [0.15, 0.2) is 18.3 Å². The lowest BCUT2D eigenvalue weighted by atomic mass is 10.2. The molecule has 0 spiro atoms. The number of nitrogens with two attached hydrogens (primary N) is 1. The van der Waals surface area contributed by atoms with Gasteiger partial charge in [0, 0.05) is 35.5 Å². The first kappa shape index (κ1) is 12.2. The highest BCUT2D eigenvalue weighted by atomic mass is 32.2. The molecule has 1 fully saturated rings. The third-order valence-corrected chi connectivity index (χ3v) is 4.03. The van der Waals surface area contributed by atoms with Gasteiger partial charge in [0.2, 0.25) is 0 Å². The number of hydrogen-bond acceptors (Lipinski definition) is 4. The van der Waals surface area contributed by atoms with E-state index >= 15 is 0 Å². The lowest BCUT2D eigenvalue weighted by Gasteiger charge is -2.36. The topological polar surface area (TPSA) is 66.0 Å². The quantitative estimate of drug-likeness (QED) is 0.619. The van der Waals surface area contributed by atoms with Crippen LogP contribution in [0.5, 0.6) is 0 Å². The molecule has 0 aromatic carbocycles. The molecule has 2 heterocycles. The van der Waals surface area contributed by atoms with Gasteiger partial charge < -0.3 is 10.6 Å². The highest BCUT2D eigenvalue weighted by molar-refractivity contribution is 8.00. The summed E-state index contributed by atoms with van der Waals surface area (Å²) in [5, 5.41) is 8.68. The predicted octanol–water partition coefficient (Wildman–Crippen LogP) is 1.70. The van der Waals surface area contributed by atoms with Gasteiger partial charge in [0.05, 0.1) is 0 Å². The van der Waals surface area contributed by atoms with Crippen LogP contribution in [0.4, 0.5) is 5.69 Å². The van der Waals surface area contributed by atoms with Gasteiger partial charge in [-0.2, -0.15) is 11.8 Å². The lowest BCUT2D eigenvalue weighted by Crippen LogP contribution is -2.40. The molecule has 3 N–H and O–H groups in total. The molecule has 0 saturated carbocycles. The van der Waals surface area contributed by atoms with E-state index in [9.17, 15) is 0 Å². The SMILES string of the molecule is CC1CN(c2ccnc(C(=N)N)c2)CC(C)S1. The lowest BCUT2D eigenvalue weighted by molar-refractivity contribution is 0.727. The number of nitrogens with one attached hydrogen (secondary N) is 1. The standard InChI is InChI=1S/C12H18N4S/c1-8-6-16(7-9(2)17-8)10-3-4-15-11(5-10)12(13)14/h3-5,8-9H,6-7H2,1-2H3,(H3,13,14). The van der Waals surface area contributed by atoms with E-state index < -0.39 is 0 Å². The van der Waals surface area contributed by atoms with E-state index in [1.54, 1.807) is 6.20 Å². The summed E-state index contributed by atoms with van der Waals surface area (Å²) in [5.74, 6) is 0.0272. The van der Waals surface area contributed by atoms with Crippen LogP contribution in [0.3, 0.4) is 0 Å². The first-order valence-corrected chi connectivity index (χ1v) is 6.71. The van der Waals surface area contributed by atoms with Crippen LogP contribution in [-0.2, 0) is 0 Å². The predicted molar refractivity (Wildman–Crippen MR) is 74.0 cm³/mol. The Morgan fingerprint density at radius 2 is 2.12 bits per heavy atom. The summed E-state index contributed by atoms with van der Waals surface area (Å²) in [7, 11) is 0. The molecule has 0 bridgehead atoms. The molecule has 92 valence electrons. The van der Waals surface area contributed by atoms with Crippen molar-refractivity contribution in [3.8, 4) is 0 Å². The van der Waals surface area contributed by atoms with Crippen LogP contribution in [0, 0.1) is 5.41 Å². The molecule has 2 rings (SSSR count). The number of nitrogens with zero attached hydrogens (tertiary/aromatic N) is 2. The second-order valence-corrected chi connectivity index (χ2v) is 6.36. The van der Waals surface area contributed by atoms with E-state index in [1.807, 2.05) is 23.9 Å². The smallest absolute Gasteiger partial charge is 0.141 e. The van der Waals surface area contributed by atoms with E-state index in [2.05, 4.69) is 23.7 Å². The second-order valence-electron chi connectivity index (χ2n) is 4.48. The minimum atomic E-state index is 0.0272. The van der Waals surface area contributed by atoms with Crippen LogP contribution in [0.25, 0.3) is 0 Å². The summed E-state index contributed by atoms with van der Waals surface area (Å²) in [6.07, 6.45) is 1.73. The molecule has 1 aliphatic rings. The number of thioether (sulfide) groups is 1. The van der Waals surface area contributed by atoms with E-state index in [1.165, 1.54) is 0 Å². The molecule has 4 nitrogen and oxygen atoms in total. The molecule has 1 aromatic rings. The maximum atomic E-state index is 7.42. The van der Waals surface area contributed by atoms with Crippen molar-refractivity contribution in [1.29, 1.82) is 5.41 Å². The zero-order chi connectivity index (χ0) is 12.4. The van der Waals surface area contributed by atoms with Gasteiger partial charge in [0.1, 0.15) is 11.5 Å². The van der Waals surface area contributed by atoms with Crippen molar-refractivity contribution >= 4 is 23.3 Å². The Hall–Kier alpha value is -1.23. The number of hydrogen-bond donors (Lipinski definition) is 2. The Morgan fingerprint density at radius 3 is 2.71 bits per heavy atom. The van der Waals surface area contributed by atoms with E-state index in [-0.39, 0.29) is 5.84 Å². The van der Waals surface area contributed by atoms with Gasteiger partial charge in [-0.05, 0) is 12.1 Å². The summed E-state index contributed by atoms with van der Waals surface area (Å²) in [5.41, 5.74) is 7.14. The van der Waals surface area contributed by atoms with Crippen molar-refractivity contribution in [2.75, 3.05) is 18.0 Å². The molecule has 5 heteroatoms. The highest BCUT2D eigenvalue weighted by Gasteiger charge is 2.22. The van der Waals surface area contributed by atoms with Gasteiger partial charge in [0.15, 0.2) is 0 Å². The van der Waals surface area contributed by atoms with Gasteiger partial charge in [-0.15, -0.1) is 0 Å². The largest absolute Gasteiger partial charge is 0.382 e.